The Bertz CT molecular complexity index is 1490. The van der Waals surface area contributed by atoms with Gasteiger partial charge in [-0.2, -0.15) is 11.8 Å². The van der Waals surface area contributed by atoms with Crippen molar-refractivity contribution in [2.75, 3.05) is 18.6 Å². The Morgan fingerprint density at radius 2 is 1.71 bits per heavy atom. The summed E-state index contributed by atoms with van der Waals surface area (Å²) in [5.74, 6) is -2.79. The zero-order valence-corrected chi connectivity index (χ0v) is 28.8. The number of thioether (sulfide) groups is 1. The molecular formula is C34H45N7O6S. The van der Waals surface area contributed by atoms with Gasteiger partial charge in [0.1, 0.15) is 24.2 Å². The highest BCUT2D eigenvalue weighted by Crippen LogP contribution is 2.23. The van der Waals surface area contributed by atoms with Crippen LogP contribution in [0.1, 0.15) is 67.7 Å². The molecule has 2 aromatic rings. The third-order valence-corrected chi connectivity index (χ3v) is 9.19. The number of fused-ring (bicyclic) bond motifs is 1. The van der Waals surface area contributed by atoms with Gasteiger partial charge < -0.3 is 31.5 Å². The van der Waals surface area contributed by atoms with Gasteiger partial charge in [-0.25, -0.2) is 0 Å². The van der Waals surface area contributed by atoms with Gasteiger partial charge in [-0.15, -0.1) is 0 Å². The molecule has 2 saturated heterocycles. The maximum absolute atomic E-state index is 14.2. The van der Waals surface area contributed by atoms with Gasteiger partial charge in [0.05, 0.1) is 18.0 Å². The molecule has 6 atom stereocenters. The SMILES string of the molecule is CSCC[C@@H]1NC(=O)C[C@@H](c2ccccc2)NC(=O)[C@H](C)NC(=O)[C@@H]2C[C@H](NC(=O)c3ccc(C)nc3)CN2C(=O)[C@H](C(C)C)NC1=O. The molecule has 1 aromatic heterocycles. The van der Waals surface area contributed by atoms with Gasteiger partial charge in [0.25, 0.3) is 5.91 Å². The Hall–Kier alpha value is -4.46. The van der Waals surface area contributed by atoms with Crippen molar-refractivity contribution in [3.8, 4) is 0 Å². The van der Waals surface area contributed by atoms with Crippen LogP contribution in [0, 0.1) is 12.8 Å². The molecule has 5 N–H and O–H groups in total. The van der Waals surface area contributed by atoms with Crippen LogP contribution in [0.3, 0.4) is 0 Å². The lowest BCUT2D eigenvalue weighted by atomic mass is 10.0. The van der Waals surface area contributed by atoms with E-state index in [-0.39, 0.29) is 25.3 Å². The van der Waals surface area contributed by atoms with Crippen molar-refractivity contribution in [1.82, 2.24) is 36.5 Å². The largest absolute Gasteiger partial charge is 0.347 e. The second-order valence-electron chi connectivity index (χ2n) is 12.6. The molecule has 2 fully saturated rings. The van der Waals surface area contributed by atoms with Gasteiger partial charge in [-0.05, 0) is 62.3 Å². The van der Waals surface area contributed by atoms with Crippen LogP contribution in [0.15, 0.2) is 48.7 Å². The normalized spacial score (nSPS) is 25.9. The molecule has 13 nitrogen and oxygen atoms in total. The molecule has 0 aliphatic carbocycles. The highest BCUT2D eigenvalue weighted by molar-refractivity contribution is 7.98. The fourth-order valence-electron chi connectivity index (χ4n) is 5.80. The molecule has 3 heterocycles. The second kappa shape index (κ2) is 16.6. The molecule has 6 amide bonds. The van der Waals surface area contributed by atoms with Crippen LogP contribution < -0.4 is 26.6 Å². The molecule has 4 rings (SSSR count). The summed E-state index contributed by atoms with van der Waals surface area (Å²) in [7, 11) is 0. The van der Waals surface area contributed by atoms with E-state index in [2.05, 4.69) is 31.6 Å². The Morgan fingerprint density at radius 1 is 0.979 bits per heavy atom. The Kier molecular flexibility index (Phi) is 12.6. The minimum absolute atomic E-state index is 0.00430. The van der Waals surface area contributed by atoms with Gasteiger partial charge in [-0.3, -0.25) is 33.8 Å². The van der Waals surface area contributed by atoms with Crippen LogP contribution in [-0.2, 0) is 24.0 Å². The molecule has 0 unspecified atom stereocenters. The van der Waals surface area contributed by atoms with E-state index < -0.39 is 71.7 Å². The molecule has 48 heavy (non-hydrogen) atoms. The number of pyridine rings is 1. The Balaban J connectivity index is 1.67. The van der Waals surface area contributed by atoms with Crippen molar-refractivity contribution in [2.45, 2.75) is 83.2 Å². The summed E-state index contributed by atoms with van der Waals surface area (Å²) >= 11 is 1.51. The molecular weight excluding hydrogens is 634 g/mol. The number of nitrogens with zero attached hydrogens (tertiary/aromatic N) is 2. The smallest absolute Gasteiger partial charge is 0.253 e. The van der Waals surface area contributed by atoms with E-state index in [9.17, 15) is 28.8 Å². The average Bonchev–Trinajstić information content (AvgIpc) is 3.48. The van der Waals surface area contributed by atoms with Crippen LogP contribution in [0.25, 0.3) is 0 Å². The first-order valence-corrected chi connectivity index (χ1v) is 17.6. The monoisotopic (exact) mass is 679 g/mol. The fraction of sp³-hybridized carbons (Fsp3) is 0.500. The molecule has 0 saturated carbocycles. The molecule has 0 bridgehead atoms. The summed E-state index contributed by atoms with van der Waals surface area (Å²) in [5, 5.41) is 14.2. The van der Waals surface area contributed by atoms with E-state index in [1.165, 1.54) is 29.8 Å². The van der Waals surface area contributed by atoms with E-state index in [0.717, 1.165) is 5.69 Å². The van der Waals surface area contributed by atoms with E-state index in [1.807, 2.05) is 19.2 Å². The van der Waals surface area contributed by atoms with Gasteiger partial charge in [0.15, 0.2) is 0 Å². The fourth-order valence-corrected chi connectivity index (χ4v) is 6.27. The highest BCUT2D eigenvalue weighted by atomic mass is 32.2. The van der Waals surface area contributed by atoms with E-state index in [0.29, 0.717) is 23.3 Å². The minimum Gasteiger partial charge on any atom is -0.347 e. The molecule has 2 aliphatic heterocycles. The molecule has 2 aliphatic rings. The topological polar surface area (TPSA) is 179 Å². The van der Waals surface area contributed by atoms with Crippen LogP contribution in [0.2, 0.25) is 0 Å². The van der Waals surface area contributed by atoms with Gasteiger partial charge in [0, 0.05) is 24.5 Å². The molecule has 258 valence electrons. The van der Waals surface area contributed by atoms with E-state index in [1.54, 1.807) is 50.2 Å². The highest BCUT2D eigenvalue weighted by Gasteiger charge is 2.44. The predicted molar refractivity (Wildman–Crippen MR) is 182 cm³/mol. The number of hydrogen-bond donors (Lipinski definition) is 5. The number of benzene rings is 1. The van der Waals surface area contributed by atoms with Crippen LogP contribution >= 0.6 is 11.8 Å². The van der Waals surface area contributed by atoms with Crippen molar-refractivity contribution >= 4 is 47.2 Å². The first-order valence-electron chi connectivity index (χ1n) is 16.2. The lowest BCUT2D eigenvalue weighted by molar-refractivity contribution is -0.143. The first-order chi connectivity index (χ1) is 22.9. The maximum atomic E-state index is 14.2. The first kappa shape index (κ1) is 36.4. The third-order valence-electron chi connectivity index (χ3n) is 8.55. The standard InChI is InChI=1S/C34H45N7O6S/c1-19(2)29-34(47)41-18-24(37-31(44)23-12-11-20(3)35-17-23)15-27(41)33(46)36-21(4)30(43)39-26(22-9-7-6-8-10-22)16-28(42)38-25(13-14-48-5)32(45)40-29/h6-12,17,19,21,24-27,29H,13-16,18H2,1-5H3,(H,36,46)(H,37,44)(H,38,42)(H,39,43)(H,40,45)/t21-,24-,25-,26-,27-,29-/m0/s1. The zero-order valence-electron chi connectivity index (χ0n) is 27.9. The van der Waals surface area contributed by atoms with Crippen molar-refractivity contribution in [3.63, 3.8) is 0 Å². The van der Waals surface area contributed by atoms with Crippen LogP contribution in [0.4, 0.5) is 0 Å². The summed E-state index contributed by atoms with van der Waals surface area (Å²) in [6, 6.07) is 6.99. The molecule has 0 radical (unpaired) electrons. The predicted octanol–water partition coefficient (Wildman–Crippen LogP) is 1.23. The number of rotatable bonds is 7. The number of aromatic nitrogens is 1. The van der Waals surface area contributed by atoms with Crippen molar-refractivity contribution in [1.29, 1.82) is 0 Å². The lowest BCUT2D eigenvalue weighted by Gasteiger charge is -2.32. The average molecular weight is 680 g/mol. The number of carbonyl (C=O) groups excluding carboxylic acids is 6. The van der Waals surface area contributed by atoms with Crippen LogP contribution in [0.5, 0.6) is 0 Å². The van der Waals surface area contributed by atoms with Gasteiger partial charge in [-0.1, -0.05) is 44.2 Å². The number of hydrogen-bond acceptors (Lipinski definition) is 8. The molecule has 14 heteroatoms. The Morgan fingerprint density at radius 3 is 2.35 bits per heavy atom. The number of amides is 6. The summed E-state index contributed by atoms with van der Waals surface area (Å²) in [4.78, 5) is 87.0. The maximum Gasteiger partial charge on any atom is 0.253 e. The van der Waals surface area contributed by atoms with Crippen LogP contribution in [-0.4, -0.2) is 94.1 Å². The van der Waals surface area contributed by atoms with Gasteiger partial charge in [0.2, 0.25) is 29.5 Å². The summed E-state index contributed by atoms with van der Waals surface area (Å²) < 4.78 is 0. The molecule has 1 aromatic carbocycles. The quantitative estimate of drug-likeness (QED) is 0.290. The number of carbonyl (C=O) groups is 6. The van der Waals surface area contributed by atoms with Crippen molar-refractivity contribution in [3.05, 3.63) is 65.5 Å². The van der Waals surface area contributed by atoms with Gasteiger partial charge >= 0.3 is 0 Å². The van der Waals surface area contributed by atoms with E-state index in [4.69, 9.17) is 0 Å². The summed E-state index contributed by atoms with van der Waals surface area (Å²) in [5.41, 5.74) is 1.77. The van der Waals surface area contributed by atoms with Crippen molar-refractivity contribution < 1.29 is 28.8 Å². The summed E-state index contributed by atoms with van der Waals surface area (Å²) in [6.45, 7) is 6.90. The van der Waals surface area contributed by atoms with E-state index >= 15 is 0 Å². The summed E-state index contributed by atoms with van der Waals surface area (Å²) in [6.07, 6.45) is 3.60. The zero-order chi connectivity index (χ0) is 35.0. The lowest BCUT2D eigenvalue weighted by Crippen LogP contribution is -2.59. The minimum atomic E-state index is -1.03. The third kappa shape index (κ3) is 9.33. The molecule has 0 spiro atoms. The second-order valence-corrected chi connectivity index (χ2v) is 13.6. The number of nitrogens with one attached hydrogen (secondary N) is 5. The number of aryl methyl sites for hydroxylation is 1. The van der Waals surface area contributed by atoms with Crippen molar-refractivity contribution in [2.24, 2.45) is 5.92 Å². The Labute approximate surface area is 285 Å².